The summed E-state index contributed by atoms with van der Waals surface area (Å²) in [5.74, 6) is 0.344. The van der Waals surface area contributed by atoms with Crippen LogP contribution in [0.4, 0.5) is 5.69 Å². The van der Waals surface area contributed by atoms with Gasteiger partial charge in [0.1, 0.15) is 0 Å². The van der Waals surface area contributed by atoms with Crippen molar-refractivity contribution in [2.45, 2.75) is 45.4 Å². The second-order valence-corrected chi connectivity index (χ2v) is 6.94. The summed E-state index contributed by atoms with van der Waals surface area (Å²) in [5, 5.41) is 0. The number of benzene rings is 2. The molecular weight excluding hydrogens is 290 g/mol. The molecule has 0 bridgehead atoms. The SMILES string of the molecule is C=C(c1ccc(N2CCCCC2)cc1)C(C)c1ccc(CC)cc1. The highest BCUT2D eigenvalue weighted by atomic mass is 15.1. The molecule has 1 fully saturated rings. The maximum absolute atomic E-state index is 4.37. The van der Waals surface area contributed by atoms with E-state index in [2.05, 4.69) is 73.9 Å². The summed E-state index contributed by atoms with van der Waals surface area (Å²) in [5.41, 5.74) is 6.54. The van der Waals surface area contributed by atoms with Crippen molar-refractivity contribution in [3.05, 3.63) is 71.8 Å². The van der Waals surface area contributed by atoms with Gasteiger partial charge >= 0.3 is 0 Å². The van der Waals surface area contributed by atoms with Gasteiger partial charge in [-0.2, -0.15) is 0 Å². The smallest absolute Gasteiger partial charge is 0.0366 e. The Labute approximate surface area is 147 Å². The summed E-state index contributed by atoms with van der Waals surface area (Å²) in [4.78, 5) is 2.50. The number of aryl methyl sites for hydroxylation is 1. The first-order chi connectivity index (χ1) is 11.7. The number of anilines is 1. The van der Waals surface area contributed by atoms with Crippen molar-refractivity contribution >= 4 is 11.3 Å². The zero-order valence-corrected chi connectivity index (χ0v) is 15.1. The van der Waals surface area contributed by atoms with Crippen LogP contribution in [-0.2, 0) is 6.42 Å². The molecule has 1 heterocycles. The average molecular weight is 319 g/mol. The molecule has 1 unspecified atom stereocenters. The van der Waals surface area contributed by atoms with Gasteiger partial charge in [0, 0.05) is 24.7 Å². The predicted octanol–water partition coefficient (Wildman–Crippen LogP) is 6.06. The van der Waals surface area contributed by atoms with Gasteiger partial charge in [-0.15, -0.1) is 0 Å². The van der Waals surface area contributed by atoms with Crippen LogP contribution in [0.3, 0.4) is 0 Å². The number of hydrogen-bond donors (Lipinski definition) is 0. The van der Waals surface area contributed by atoms with E-state index in [-0.39, 0.29) is 0 Å². The van der Waals surface area contributed by atoms with Gasteiger partial charge in [0.05, 0.1) is 0 Å². The van der Waals surface area contributed by atoms with Crippen LogP contribution in [0.25, 0.3) is 5.57 Å². The van der Waals surface area contributed by atoms with E-state index in [1.54, 1.807) is 0 Å². The van der Waals surface area contributed by atoms with Crippen LogP contribution in [0.5, 0.6) is 0 Å². The summed E-state index contributed by atoms with van der Waals surface area (Å²) < 4.78 is 0. The molecule has 1 nitrogen and oxygen atoms in total. The highest BCUT2D eigenvalue weighted by Crippen LogP contribution is 2.31. The van der Waals surface area contributed by atoms with Crippen molar-refractivity contribution in [3.8, 4) is 0 Å². The zero-order valence-electron chi connectivity index (χ0n) is 15.1. The van der Waals surface area contributed by atoms with E-state index in [0.717, 1.165) is 6.42 Å². The molecule has 0 amide bonds. The van der Waals surface area contributed by atoms with Gasteiger partial charge in [-0.1, -0.05) is 56.8 Å². The Bertz CT molecular complexity index is 660. The van der Waals surface area contributed by atoms with Crippen molar-refractivity contribution in [2.24, 2.45) is 0 Å². The van der Waals surface area contributed by atoms with Crippen molar-refractivity contribution < 1.29 is 0 Å². The number of piperidine rings is 1. The van der Waals surface area contributed by atoms with Gasteiger partial charge in [0.25, 0.3) is 0 Å². The van der Waals surface area contributed by atoms with Crippen molar-refractivity contribution in [3.63, 3.8) is 0 Å². The first-order valence-corrected chi connectivity index (χ1v) is 9.32. The van der Waals surface area contributed by atoms with Gasteiger partial charge in [-0.05, 0) is 60.1 Å². The topological polar surface area (TPSA) is 3.24 Å². The normalized spacial score (nSPS) is 16.0. The van der Waals surface area contributed by atoms with Gasteiger partial charge in [-0.25, -0.2) is 0 Å². The monoisotopic (exact) mass is 319 g/mol. The molecule has 1 atom stereocenters. The van der Waals surface area contributed by atoms with E-state index < -0.39 is 0 Å². The number of rotatable bonds is 5. The maximum atomic E-state index is 4.37. The van der Waals surface area contributed by atoms with Crippen LogP contribution in [-0.4, -0.2) is 13.1 Å². The van der Waals surface area contributed by atoms with Crippen LogP contribution in [0.2, 0.25) is 0 Å². The van der Waals surface area contributed by atoms with E-state index in [9.17, 15) is 0 Å². The highest BCUT2D eigenvalue weighted by molar-refractivity contribution is 5.70. The number of allylic oxidation sites excluding steroid dienone is 1. The maximum Gasteiger partial charge on any atom is 0.0366 e. The molecule has 126 valence electrons. The Morgan fingerprint density at radius 2 is 1.58 bits per heavy atom. The van der Waals surface area contributed by atoms with Gasteiger partial charge in [0.15, 0.2) is 0 Å². The van der Waals surface area contributed by atoms with E-state index >= 15 is 0 Å². The molecule has 1 aliphatic heterocycles. The Balaban J connectivity index is 1.71. The van der Waals surface area contributed by atoms with E-state index in [1.807, 2.05) is 0 Å². The van der Waals surface area contributed by atoms with Gasteiger partial charge in [-0.3, -0.25) is 0 Å². The highest BCUT2D eigenvalue weighted by Gasteiger charge is 2.14. The third kappa shape index (κ3) is 3.72. The molecule has 0 aromatic heterocycles. The first-order valence-electron chi connectivity index (χ1n) is 9.32. The molecule has 2 aromatic carbocycles. The minimum absolute atomic E-state index is 0.344. The zero-order chi connectivity index (χ0) is 16.9. The third-order valence-electron chi connectivity index (χ3n) is 5.37. The fourth-order valence-electron chi connectivity index (χ4n) is 3.53. The molecule has 2 aromatic rings. The molecule has 24 heavy (non-hydrogen) atoms. The molecular formula is C23H29N. The Morgan fingerprint density at radius 1 is 0.958 bits per heavy atom. The standard InChI is InChI=1S/C23H29N/c1-4-20-8-10-21(11-9-20)18(2)19(3)22-12-14-23(15-13-22)24-16-6-5-7-17-24/h8-15,18H,3-7,16-17H2,1-2H3. The number of nitrogens with zero attached hydrogens (tertiary/aromatic N) is 1. The van der Waals surface area contributed by atoms with Crippen LogP contribution in [0.1, 0.15) is 55.7 Å². The predicted molar refractivity (Wildman–Crippen MR) is 106 cm³/mol. The van der Waals surface area contributed by atoms with Crippen LogP contribution >= 0.6 is 0 Å². The summed E-state index contributed by atoms with van der Waals surface area (Å²) in [7, 11) is 0. The van der Waals surface area contributed by atoms with Crippen LogP contribution in [0, 0.1) is 0 Å². The molecule has 3 rings (SSSR count). The third-order valence-corrected chi connectivity index (χ3v) is 5.37. The molecule has 0 aliphatic carbocycles. The molecule has 0 saturated carbocycles. The largest absolute Gasteiger partial charge is 0.372 e. The lowest BCUT2D eigenvalue weighted by Crippen LogP contribution is -2.29. The van der Waals surface area contributed by atoms with E-state index in [0.29, 0.717) is 5.92 Å². The minimum atomic E-state index is 0.344. The summed E-state index contributed by atoms with van der Waals surface area (Å²) in [6.45, 7) is 11.2. The average Bonchev–Trinajstić information content (AvgIpc) is 2.68. The fraction of sp³-hybridized carbons (Fsp3) is 0.391. The van der Waals surface area contributed by atoms with Gasteiger partial charge in [0.2, 0.25) is 0 Å². The van der Waals surface area contributed by atoms with Crippen molar-refractivity contribution in [1.29, 1.82) is 0 Å². The minimum Gasteiger partial charge on any atom is -0.372 e. The fourth-order valence-corrected chi connectivity index (χ4v) is 3.53. The van der Waals surface area contributed by atoms with Crippen molar-refractivity contribution in [2.75, 3.05) is 18.0 Å². The summed E-state index contributed by atoms with van der Waals surface area (Å²) >= 11 is 0. The summed E-state index contributed by atoms with van der Waals surface area (Å²) in [6, 6.07) is 18.0. The number of hydrogen-bond acceptors (Lipinski definition) is 1. The molecule has 1 aliphatic rings. The lowest BCUT2D eigenvalue weighted by molar-refractivity contribution is 0.578. The van der Waals surface area contributed by atoms with Crippen molar-refractivity contribution in [1.82, 2.24) is 0 Å². The molecule has 0 N–H and O–H groups in total. The first kappa shape index (κ1) is 16.8. The summed E-state index contributed by atoms with van der Waals surface area (Å²) in [6.07, 6.45) is 5.10. The van der Waals surface area contributed by atoms with E-state index in [4.69, 9.17) is 0 Å². The van der Waals surface area contributed by atoms with Gasteiger partial charge < -0.3 is 4.90 Å². The quantitative estimate of drug-likeness (QED) is 0.648. The lowest BCUT2D eigenvalue weighted by atomic mass is 9.88. The molecule has 1 heteroatoms. The lowest BCUT2D eigenvalue weighted by Gasteiger charge is -2.29. The molecule has 1 saturated heterocycles. The van der Waals surface area contributed by atoms with Crippen LogP contribution < -0.4 is 4.90 Å². The Hall–Kier alpha value is -2.02. The Kier molecular flexibility index (Phi) is 5.40. The molecule has 0 spiro atoms. The van der Waals surface area contributed by atoms with Crippen LogP contribution in [0.15, 0.2) is 55.1 Å². The second kappa shape index (κ2) is 7.70. The Morgan fingerprint density at radius 3 is 2.17 bits per heavy atom. The second-order valence-electron chi connectivity index (χ2n) is 6.94. The molecule has 0 radical (unpaired) electrons. The van der Waals surface area contributed by atoms with E-state index in [1.165, 1.54) is 60.3 Å².